The fourth-order valence-electron chi connectivity index (χ4n) is 5.70. The lowest BCUT2D eigenvalue weighted by Crippen LogP contribution is -2.63. The molecule has 34 heavy (non-hydrogen) atoms. The number of likely N-dealkylation sites (N-methyl/N-ethyl adjacent to an activating group) is 1. The normalized spacial score (nSPS) is 28.6. The number of nitrogens with zero attached hydrogens (tertiary/aromatic N) is 1. The van der Waals surface area contributed by atoms with Crippen molar-refractivity contribution in [3.63, 3.8) is 0 Å². The number of nitrogens with two attached hydrogens (primary N) is 1. The Labute approximate surface area is 195 Å². The number of phenolic OH excluding ortho intramolecular Hbond substituents is 1. The lowest BCUT2D eigenvalue weighted by molar-refractivity contribution is -0.148. The van der Waals surface area contributed by atoms with E-state index in [2.05, 4.69) is 0 Å². The molecule has 0 unspecified atom stereocenters. The molecule has 1 aromatic rings. The molecule has 180 valence electrons. The number of aromatic hydroxyl groups is 1. The zero-order chi connectivity index (χ0) is 25.3. The van der Waals surface area contributed by atoms with Crippen LogP contribution in [-0.2, 0) is 16.0 Å². The molecule has 10 nitrogen and oxygen atoms in total. The molecule has 10 heteroatoms. The Kier molecular flexibility index (Phi) is 5.41. The molecule has 0 bridgehead atoms. The van der Waals surface area contributed by atoms with Gasteiger partial charge in [-0.3, -0.25) is 24.1 Å². The minimum absolute atomic E-state index is 0.0266. The average Bonchev–Trinajstić information content (AvgIpc) is 2.75. The summed E-state index contributed by atoms with van der Waals surface area (Å²) in [5, 5.41) is 43.9. The summed E-state index contributed by atoms with van der Waals surface area (Å²) < 4.78 is 0. The van der Waals surface area contributed by atoms with Crippen molar-refractivity contribution in [3.8, 4) is 5.75 Å². The quantitative estimate of drug-likeness (QED) is 0.313. The highest BCUT2D eigenvalue weighted by atomic mass is 16.3. The van der Waals surface area contributed by atoms with Gasteiger partial charge in [0, 0.05) is 23.5 Å². The number of allylic oxidation sites excluding steroid dienone is 1. The molecular formula is C24H26N2O8. The number of primary amides is 1. The van der Waals surface area contributed by atoms with E-state index in [9.17, 15) is 39.6 Å². The second-order valence-electron chi connectivity index (χ2n) is 9.23. The van der Waals surface area contributed by atoms with E-state index in [1.165, 1.54) is 17.0 Å². The van der Waals surface area contributed by atoms with Gasteiger partial charge in [0.2, 0.25) is 5.78 Å². The van der Waals surface area contributed by atoms with Crippen molar-refractivity contribution in [2.75, 3.05) is 14.1 Å². The Hall–Kier alpha value is -3.50. The molecule has 4 rings (SSSR count). The van der Waals surface area contributed by atoms with Crippen molar-refractivity contribution < 1.29 is 39.6 Å². The van der Waals surface area contributed by atoms with Gasteiger partial charge in [-0.05, 0) is 50.6 Å². The molecular weight excluding hydrogens is 444 g/mol. The number of phenols is 1. The van der Waals surface area contributed by atoms with E-state index in [1.54, 1.807) is 21.0 Å². The van der Waals surface area contributed by atoms with Crippen LogP contribution in [0.4, 0.5) is 0 Å². The van der Waals surface area contributed by atoms with Crippen LogP contribution in [0.15, 0.2) is 34.8 Å². The number of ketones is 3. The maximum absolute atomic E-state index is 13.5. The maximum Gasteiger partial charge on any atom is 0.255 e. The average molecular weight is 470 g/mol. The SMILES string of the molecule is CCC(=O)c1ccc(O)c2c1C[C@H]1C[C@H]3[C@@H](N(C)C)C(O)=C(C(N)=O)C(=O)[C@@]3(O)C(O)=C1C2=O. The Morgan fingerprint density at radius 1 is 1.18 bits per heavy atom. The summed E-state index contributed by atoms with van der Waals surface area (Å²) in [6.45, 7) is 1.67. The maximum atomic E-state index is 13.5. The summed E-state index contributed by atoms with van der Waals surface area (Å²) in [5.41, 5.74) is 1.96. The van der Waals surface area contributed by atoms with Crippen LogP contribution in [0, 0.1) is 11.8 Å². The third-order valence-electron chi connectivity index (χ3n) is 7.23. The molecule has 1 aromatic carbocycles. The van der Waals surface area contributed by atoms with Gasteiger partial charge < -0.3 is 26.2 Å². The van der Waals surface area contributed by atoms with Gasteiger partial charge in [-0.25, -0.2) is 0 Å². The van der Waals surface area contributed by atoms with Gasteiger partial charge in [-0.1, -0.05) is 6.92 Å². The molecule has 0 saturated carbocycles. The number of carbonyl (C=O) groups excluding carboxylic acids is 4. The zero-order valence-corrected chi connectivity index (χ0v) is 19.0. The molecule has 0 radical (unpaired) electrons. The van der Waals surface area contributed by atoms with Crippen molar-refractivity contribution in [3.05, 3.63) is 51.5 Å². The van der Waals surface area contributed by atoms with Crippen LogP contribution in [-0.4, -0.2) is 74.3 Å². The van der Waals surface area contributed by atoms with Crippen molar-refractivity contribution in [1.82, 2.24) is 4.90 Å². The summed E-state index contributed by atoms with van der Waals surface area (Å²) in [6.07, 6.45) is 0.239. The van der Waals surface area contributed by atoms with Crippen LogP contribution in [0.5, 0.6) is 5.75 Å². The number of carbonyl (C=O) groups is 4. The molecule has 0 spiro atoms. The van der Waals surface area contributed by atoms with Crippen LogP contribution in [0.1, 0.15) is 46.0 Å². The predicted molar refractivity (Wildman–Crippen MR) is 118 cm³/mol. The van der Waals surface area contributed by atoms with Crippen LogP contribution in [0.3, 0.4) is 0 Å². The van der Waals surface area contributed by atoms with E-state index in [4.69, 9.17) is 5.73 Å². The zero-order valence-electron chi connectivity index (χ0n) is 19.0. The molecule has 0 fully saturated rings. The number of fused-ring (bicyclic) bond motifs is 3. The fourth-order valence-corrected chi connectivity index (χ4v) is 5.70. The van der Waals surface area contributed by atoms with Gasteiger partial charge in [0.25, 0.3) is 5.91 Å². The van der Waals surface area contributed by atoms with Crippen LogP contribution < -0.4 is 5.73 Å². The first-order valence-corrected chi connectivity index (χ1v) is 10.9. The Morgan fingerprint density at radius 3 is 2.38 bits per heavy atom. The highest BCUT2D eigenvalue weighted by Gasteiger charge is 2.63. The van der Waals surface area contributed by atoms with Crippen LogP contribution >= 0.6 is 0 Å². The number of Topliss-reactive ketones (excluding diaryl/α,β-unsaturated/α-hetero) is 3. The Bertz CT molecular complexity index is 1230. The first-order chi connectivity index (χ1) is 15.9. The van der Waals surface area contributed by atoms with E-state index < -0.39 is 63.8 Å². The first-order valence-electron chi connectivity index (χ1n) is 10.9. The van der Waals surface area contributed by atoms with Gasteiger partial charge in [-0.15, -0.1) is 0 Å². The third-order valence-corrected chi connectivity index (χ3v) is 7.23. The lowest BCUT2D eigenvalue weighted by Gasteiger charge is -2.50. The number of aliphatic hydroxyl groups is 3. The minimum Gasteiger partial charge on any atom is -0.510 e. The van der Waals surface area contributed by atoms with E-state index in [0.29, 0.717) is 5.56 Å². The summed E-state index contributed by atoms with van der Waals surface area (Å²) >= 11 is 0. The molecule has 0 heterocycles. The molecule has 0 aliphatic heterocycles. The second kappa shape index (κ2) is 7.78. The third kappa shape index (κ3) is 2.95. The Morgan fingerprint density at radius 2 is 1.82 bits per heavy atom. The summed E-state index contributed by atoms with van der Waals surface area (Å²) in [5.74, 6) is -7.38. The van der Waals surface area contributed by atoms with Gasteiger partial charge in [-0.2, -0.15) is 0 Å². The monoisotopic (exact) mass is 470 g/mol. The minimum atomic E-state index is -2.68. The molecule has 4 atom stereocenters. The van der Waals surface area contributed by atoms with Crippen molar-refractivity contribution in [1.29, 1.82) is 0 Å². The number of benzene rings is 1. The van der Waals surface area contributed by atoms with Crippen molar-refractivity contribution in [2.45, 2.75) is 37.8 Å². The standard InChI is InChI=1S/C24H26N2O8/c1-4-13(27)10-5-6-14(28)16-11(10)7-9-8-12-18(26(2)3)20(30)17(23(25)33)22(32)24(12,34)21(31)15(9)19(16)29/h5-6,9,12,18,28,30-31,34H,4,7-8H2,1-3H3,(H2,25,33)/t9-,12-,18+,24-/m0/s1. The van der Waals surface area contributed by atoms with Crippen LogP contribution in [0.2, 0.25) is 0 Å². The van der Waals surface area contributed by atoms with E-state index in [-0.39, 0.29) is 41.7 Å². The fraction of sp³-hybridized carbons (Fsp3) is 0.417. The van der Waals surface area contributed by atoms with Crippen molar-refractivity contribution in [2.24, 2.45) is 17.6 Å². The molecule has 1 amide bonds. The lowest BCUT2D eigenvalue weighted by atomic mass is 9.58. The Balaban J connectivity index is 1.97. The number of aliphatic hydroxyl groups excluding tert-OH is 2. The van der Waals surface area contributed by atoms with Gasteiger partial charge in [0.05, 0.1) is 11.6 Å². The topological polar surface area (TPSA) is 178 Å². The van der Waals surface area contributed by atoms with Crippen molar-refractivity contribution >= 4 is 23.3 Å². The van der Waals surface area contributed by atoms with E-state index in [1.807, 2.05) is 0 Å². The second-order valence-corrected chi connectivity index (χ2v) is 9.23. The van der Waals surface area contributed by atoms with Gasteiger partial charge >= 0.3 is 0 Å². The first kappa shape index (κ1) is 23.7. The highest BCUT2D eigenvalue weighted by Crippen LogP contribution is 2.52. The number of amides is 1. The summed E-state index contributed by atoms with van der Waals surface area (Å²) in [6, 6.07) is 1.60. The molecule has 0 saturated heterocycles. The van der Waals surface area contributed by atoms with Crippen LogP contribution in [0.25, 0.3) is 0 Å². The van der Waals surface area contributed by atoms with E-state index in [0.717, 1.165) is 0 Å². The molecule has 3 aliphatic rings. The van der Waals surface area contributed by atoms with E-state index >= 15 is 0 Å². The van der Waals surface area contributed by atoms with Gasteiger partial charge in [0.1, 0.15) is 22.8 Å². The number of hydrogen-bond donors (Lipinski definition) is 5. The van der Waals surface area contributed by atoms with Gasteiger partial charge in [0.15, 0.2) is 17.2 Å². The number of rotatable bonds is 4. The summed E-state index contributed by atoms with van der Waals surface area (Å²) in [4.78, 5) is 52.7. The predicted octanol–water partition coefficient (Wildman–Crippen LogP) is 0.713. The number of hydrogen-bond acceptors (Lipinski definition) is 9. The smallest absolute Gasteiger partial charge is 0.255 e. The largest absolute Gasteiger partial charge is 0.510 e. The molecule has 3 aliphatic carbocycles. The summed E-state index contributed by atoms with van der Waals surface area (Å²) in [7, 11) is 3.12. The highest BCUT2D eigenvalue weighted by molar-refractivity contribution is 6.25. The molecule has 6 N–H and O–H groups in total. The molecule has 0 aromatic heterocycles.